The van der Waals surface area contributed by atoms with E-state index in [4.69, 9.17) is 0 Å². The van der Waals surface area contributed by atoms with Crippen LogP contribution in [-0.2, 0) is 16.1 Å². The summed E-state index contributed by atoms with van der Waals surface area (Å²) < 4.78 is 2.21. The number of anilines is 1. The van der Waals surface area contributed by atoms with E-state index < -0.39 is 0 Å². The summed E-state index contributed by atoms with van der Waals surface area (Å²) in [5, 5.41) is 2.87. The average Bonchev–Trinajstić information content (AvgIpc) is 3.22. The topological polar surface area (TPSA) is 54.3 Å². The van der Waals surface area contributed by atoms with Crippen molar-refractivity contribution in [3.05, 3.63) is 89.2 Å². The van der Waals surface area contributed by atoms with Crippen molar-refractivity contribution in [2.75, 3.05) is 11.9 Å². The number of nitrogens with one attached hydrogen (secondary N) is 1. The molecule has 0 fully saturated rings. The van der Waals surface area contributed by atoms with E-state index in [0.29, 0.717) is 6.54 Å². The molecular weight excluding hydrogens is 374 g/mol. The Kier molecular flexibility index (Phi) is 5.70. The number of aromatic nitrogens is 1. The molecule has 1 aromatic heterocycles. The summed E-state index contributed by atoms with van der Waals surface area (Å²) in [4.78, 5) is 27.4. The molecule has 1 atom stereocenters. The van der Waals surface area contributed by atoms with Gasteiger partial charge in [-0.15, -0.1) is 0 Å². The fourth-order valence-corrected chi connectivity index (χ4v) is 3.98. The second kappa shape index (κ2) is 8.57. The van der Waals surface area contributed by atoms with Crippen LogP contribution in [0.15, 0.2) is 66.9 Å². The normalized spacial score (nSPS) is 15.5. The Bertz CT molecular complexity index is 1040. The van der Waals surface area contributed by atoms with E-state index in [1.807, 2.05) is 42.2 Å². The summed E-state index contributed by atoms with van der Waals surface area (Å²) in [5.74, 6) is -0.133. The third-order valence-electron chi connectivity index (χ3n) is 5.65. The van der Waals surface area contributed by atoms with Crippen LogP contribution in [0.4, 0.5) is 5.69 Å². The molecule has 2 heterocycles. The summed E-state index contributed by atoms with van der Waals surface area (Å²) in [5.41, 5.74) is 5.29. The molecular formula is C25H27N3O2. The molecule has 154 valence electrons. The number of hydrogen-bond donors (Lipinski definition) is 1. The van der Waals surface area contributed by atoms with Gasteiger partial charge in [-0.1, -0.05) is 47.5 Å². The molecule has 4 rings (SSSR count). The highest BCUT2D eigenvalue weighted by Gasteiger charge is 2.32. The van der Waals surface area contributed by atoms with Crippen molar-refractivity contribution in [2.24, 2.45) is 0 Å². The quantitative estimate of drug-likeness (QED) is 0.686. The second-order valence-electron chi connectivity index (χ2n) is 7.94. The first kappa shape index (κ1) is 20.0. The van der Waals surface area contributed by atoms with E-state index >= 15 is 0 Å². The lowest BCUT2D eigenvalue weighted by atomic mass is 9.98. The molecule has 2 amide bonds. The van der Waals surface area contributed by atoms with Crippen LogP contribution in [0.25, 0.3) is 0 Å². The molecule has 0 aliphatic carbocycles. The zero-order valence-corrected chi connectivity index (χ0v) is 17.5. The van der Waals surface area contributed by atoms with Crippen LogP contribution in [0.5, 0.6) is 0 Å². The number of amides is 2. The first-order chi connectivity index (χ1) is 14.5. The number of fused-ring (bicyclic) bond motifs is 1. The molecule has 0 unspecified atom stereocenters. The zero-order chi connectivity index (χ0) is 21.1. The van der Waals surface area contributed by atoms with Crippen LogP contribution in [0.3, 0.4) is 0 Å². The van der Waals surface area contributed by atoms with Crippen LogP contribution in [0.1, 0.15) is 41.3 Å². The Morgan fingerprint density at radius 2 is 1.57 bits per heavy atom. The van der Waals surface area contributed by atoms with Crippen LogP contribution in [0, 0.1) is 13.8 Å². The van der Waals surface area contributed by atoms with Gasteiger partial charge in [0.15, 0.2) is 0 Å². The molecule has 0 spiro atoms. The van der Waals surface area contributed by atoms with Gasteiger partial charge in [-0.05, 0) is 43.7 Å². The molecule has 5 nitrogen and oxygen atoms in total. The molecule has 0 saturated heterocycles. The highest BCUT2D eigenvalue weighted by molar-refractivity contribution is 5.93. The number of rotatable bonds is 5. The van der Waals surface area contributed by atoms with E-state index in [9.17, 15) is 9.59 Å². The van der Waals surface area contributed by atoms with Gasteiger partial charge in [-0.2, -0.15) is 0 Å². The van der Waals surface area contributed by atoms with Crippen molar-refractivity contribution in [3.63, 3.8) is 0 Å². The van der Waals surface area contributed by atoms with Crippen LogP contribution in [-0.4, -0.2) is 27.8 Å². The SMILES string of the molecule is Cc1ccc(NC(=O)CCC(=O)N2CCn3cccc3[C@H]2c2ccc(C)cc2)cc1. The maximum atomic E-state index is 13.1. The fourth-order valence-electron chi connectivity index (χ4n) is 3.98. The third-order valence-corrected chi connectivity index (χ3v) is 5.65. The zero-order valence-electron chi connectivity index (χ0n) is 17.5. The molecule has 0 saturated carbocycles. The fraction of sp³-hybridized carbons (Fsp3) is 0.280. The number of carbonyl (C=O) groups is 2. The van der Waals surface area contributed by atoms with Crippen molar-refractivity contribution >= 4 is 17.5 Å². The lowest BCUT2D eigenvalue weighted by molar-refractivity contribution is -0.135. The van der Waals surface area contributed by atoms with Gasteiger partial charge in [-0.25, -0.2) is 0 Å². The minimum Gasteiger partial charge on any atom is -0.348 e. The van der Waals surface area contributed by atoms with E-state index in [1.54, 1.807) is 0 Å². The lowest BCUT2D eigenvalue weighted by Crippen LogP contribution is -2.42. The predicted octanol–water partition coefficient (Wildman–Crippen LogP) is 4.46. The number of aryl methyl sites for hydroxylation is 2. The van der Waals surface area contributed by atoms with E-state index in [-0.39, 0.29) is 30.7 Å². The molecule has 1 aliphatic rings. The maximum Gasteiger partial charge on any atom is 0.224 e. The maximum absolute atomic E-state index is 13.1. The molecule has 5 heteroatoms. The number of benzene rings is 2. The first-order valence-electron chi connectivity index (χ1n) is 10.4. The summed E-state index contributed by atoms with van der Waals surface area (Å²) in [7, 11) is 0. The number of carbonyl (C=O) groups excluding carboxylic acids is 2. The summed E-state index contributed by atoms with van der Waals surface area (Å²) in [6.45, 7) is 5.47. The number of hydrogen-bond acceptors (Lipinski definition) is 2. The Balaban J connectivity index is 1.46. The highest BCUT2D eigenvalue weighted by atomic mass is 16.2. The molecule has 3 aromatic rings. The lowest BCUT2D eigenvalue weighted by Gasteiger charge is -2.37. The predicted molar refractivity (Wildman–Crippen MR) is 118 cm³/mol. The summed E-state index contributed by atoms with van der Waals surface area (Å²) in [6, 6.07) is 20.0. The van der Waals surface area contributed by atoms with Gasteiger partial charge in [0.1, 0.15) is 0 Å². The Labute approximate surface area is 177 Å². The van der Waals surface area contributed by atoms with Crippen molar-refractivity contribution in [2.45, 2.75) is 39.3 Å². The summed E-state index contributed by atoms with van der Waals surface area (Å²) in [6.07, 6.45) is 2.43. The van der Waals surface area contributed by atoms with Gasteiger partial charge in [0.05, 0.1) is 6.04 Å². The van der Waals surface area contributed by atoms with Crippen molar-refractivity contribution in [1.82, 2.24) is 9.47 Å². The Morgan fingerprint density at radius 3 is 2.27 bits per heavy atom. The molecule has 1 aliphatic heterocycles. The van der Waals surface area contributed by atoms with Gasteiger partial charge in [-0.3, -0.25) is 9.59 Å². The molecule has 0 bridgehead atoms. The molecule has 0 radical (unpaired) electrons. The minimum atomic E-state index is -0.139. The van der Waals surface area contributed by atoms with E-state index in [0.717, 1.165) is 29.1 Å². The molecule has 2 aromatic carbocycles. The van der Waals surface area contributed by atoms with E-state index in [1.165, 1.54) is 5.56 Å². The monoisotopic (exact) mass is 401 g/mol. The van der Waals surface area contributed by atoms with Gasteiger partial charge < -0.3 is 14.8 Å². The van der Waals surface area contributed by atoms with Gasteiger partial charge in [0.2, 0.25) is 11.8 Å². The van der Waals surface area contributed by atoms with Gasteiger partial charge in [0.25, 0.3) is 0 Å². The number of nitrogens with zero attached hydrogens (tertiary/aromatic N) is 2. The van der Waals surface area contributed by atoms with Crippen LogP contribution >= 0.6 is 0 Å². The van der Waals surface area contributed by atoms with Gasteiger partial charge >= 0.3 is 0 Å². The van der Waals surface area contributed by atoms with Gasteiger partial charge in [0, 0.05) is 43.5 Å². The smallest absolute Gasteiger partial charge is 0.224 e. The van der Waals surface area contributed by atoms with Crippen molar-refractivity contribution in [3.8, 4) is 0 Å². The Morgan fingerprint density at radius 1 is 0.900 bits per heavy atom. The Hall–Kier alpha value is -3.34. The largest absolute Gasteiger partial charge is 0.348 e. The third kappa shape index (κ3) is 4.30. The minimum absolute atomic E-state index is 0.00656. The summed E-state index contributed by atoms with van der Waals surface area (Å²) >= 11 is 0. The van der Waals surface area contributed by atoms with E-state index in [2.05, 4.69) is 53.3 Å². The van der Waals surface area contributed by atoms with Crippen molar-refractivity contribution < 1.29 is 9.59 Å². The molecule has 30 heavy (non-hydrogen) atoms. The average molecular weight is 402 g/mol. The van der Waals surface area contributed by atoms with Crippen LogP contribution in [0.2, 0.25) is 0 Å². The van der Waals surface area contributed by atoms with Crippen LogP contribution < -0.4 is 5.32 Å². The first-order valence-corrected chi connectivity index (χ1v) is 10.4. The second-order valence-corrected chi connectivity index (χ2v) is 7.94. The van der Waals surface area contributed by atoms with Crippen molar-refractivity contribution in [1.29, 1.82) is 0 Å². The molecule has 1 N–H and O–H groups in total. The highest BCUT2D eigenvalue weighted by Crippen LogP contribution is 2.33. The standard InChI is InChI=1S/C25H27N3O2/c1-18-5-9-20(10-6-18)25-22-4-3-15-27(22)16-17-28(25)24(30)14-13-23(29)26-21-11-7-19(2)8-12-21/h3-12,15,25H,13-14,16-17H2,1-2H3,(H,26,29)/t25-/m1/s1.